The number of aromatic nitrogens is 4. The van der Waals surface area contributed by atoms with Gasteiger partial charge in [-0.05, 0) is 31.0 Å². The number of alkyl halides is 3. The van der Waals surface area contributed by atoms with E-state index in [2.05, 4.69) is 15.2 Å². The van der Waals surface area contributed by atoms with Crippen molar-refractivity contribution >= 4 is 5.91 Å². The Morgan fingerprint density at radius 1 is 1.12 bits per heavy atom. The normalized spacial score (nSPS) is 16.8. The molecule has 3 aromatic rings. The van der Waals surface area contributed by atoms with Crippen LogP contribution in [0.2, 0.25) is 0 Å². The second kappa shape index (κ2) is 8.52. The summed E-state index contributed by atoms with van der Waals surface area (Å²) in [5, 5.41) is 7.76. The van der Waals surface area contributed by atoms with Crippen LogP contribution in [0.15, 0.2) is 42.9 Å². The molecule has 32 heavy (non-hydrogen) atoms. The summed E-state index contributed by atoms with van der Waals surface area (Å²) in [5.74, 6) is -3.02. The van der Waals surface area contributed by atoms with Gasteiger partial charge in [-0.1, -0.05) is 6.07 Å². The van der Waals surface area contributed by atoms with E-state index in [-0.39, 0.29) is 17.8 Å². The van der Waals surface area contributed by atoms with Crippen molar-refractivity contribution in [2.45, 2.75) is 25.1 Å². The van der Waals surface area contributed by atoms with Crippen molar-refractivity contribution in [1.82, 2.24) is 24.9 Å². The molecule has 0 N–H and O–H groups in total. The van der Waals surface area contributed by atoms with Crippen LogP contribution in [0, 0.1) is 11.6 Å². The number of benzene rings is 1. The maximum Gasteiger partial charge on any atom is 0.417 e. The first-order valence-electron chi connectivity index (χ1n) is 9.58. The number of likely N-dealkylation sites (tertiary alicyclic amines) is 1. The number of halogens is 5. The molecule has 1 aliphatic rings. The summed E-state index contributed by atoms with van der Waals surface area (Å²) in [6.45, 7) is 0.355. The standard InChI is InChI=1S/C20H16F5N5O2/c21-15-5-1-4-14(17(15)30-27-6-7-28-30)19(31)29-8-2-3-13(11-29)32-18-16(22)9-12(10-26-18)20(23,24)25/h1,4-7,9-10,13H,2-3,8,11H2. The van der Waals surface area contributed by atoms with Gasteiger partial charge in [-0.3, -0.25) is 4.79 Å². The maximum absolute atomic E-state index is 14.4. The van der Waals surface area contributed by atoms with Gasteiger partial charge in [0.2, 0.25) is 0 Å². The van der Waals surface area contributed by atoms with Crippen molar-refractivity contribution in [2.24, 2.45) is 0 Å². The van der Waals surface area contributed by atoms with Crippen molar-refractivity contribution in [3.63, 3.8) is 0 Å². The first-order valence-corrected chi connectivity index (χ1v) is 9.58. The molecule has 1 amide bonds. The molecule has 0 saturated carbocycles. The molecular formula is C20H16F5N5O2. The van der Waals surface area contributed by atoms with Gasteiger partial charge in [0.05, 0.1) is 30.1 Å². The second-order valence-corrected chi connectivity index (χ2v) is 7.10. The highest BCUT2D eigenvalue weighted by Gasteiger charge is 2.33. The van der Waals surface area contributed by atoms with E-state index in [4.69, 9.17) is 4.74 Å². The van der Waals surface area contributed by atoms with E-state index in [1.807, 2.05) is 0 Å². The lowest BCUT2D eigenvalue weighted by molar-refractivity contribution is -0.138. The van der Waals surface area contributed by atoms with E-state index >= 15 is 0 Å². The van der Waals surface area contributed by atoms with Crippen molar-refractivity contribution in [3.8, 4) is 11.6 Å². The van der Waals surface area contributed by atoms with E-state index in [0.717, 1.165) is 4.80 Å². The minimum atomic E-state index is -4.73. The number of rotatable bonds is 4. The number of hydrogen-bond acceptors (Lipinski definition) is 5. The lowest BCUT2D eigenvalue weighted by Gasteiger charge is -2.33. The fraction of sp³-hybridized carbons (Fsp3) is 0.300. The fourth-order valence-electron chi connectivity index (χ4n) is 3.44. The first kappa shape index (κ1) is 21.7. The third-order valence-electron chi connectivity index (χ3n) is 4.91. The van der Waals surface area contributed by atoms with Crippen LogP contribution in [0.1, 0.15) is 28.8 Å². The van der Waals surface area contributed by atoms with Crippen LogP contribution in [0.4, 0.5) is 22.0 Å². The zero-order valence-corrected chi connectivity index (χ0v) is 16.4. The molecule has 1 aromatic carbocycles. The lowest BCUT2D eigenvalue weighted by atomic mass is 10.1. The Morgan fingerprint density at radius 2 is 1.88 bits per heavy atom. The van der Waals surface area contributed by atoms with Crippen LogP contribution in [0.5, 0.6) is 5.88 Å². The van der Waals surface area contributed by atoms with Crippen molar-refractivity contribution in [1.29, 1.82) is 0 Å². The zero-order valence-electron chi connectivity index (χ0n) is 16.4. The van der Waals surface area contributed by atoms with Crippen LogP contribution in [-0.4, -0.2) is 50.0 Å². The van der Waals surface area contributed by atoms with Gasteiger partial charge >= 0.3 is 6.18 Å². The molecule has 168 valence electrons. The summed E-state index contributed by atoms with van der Waals surface area (Å²) >= 11 is 0. The summed E-state index contributed by atoms with van der Waals surface area (Å²) in [4.78, 5) is 18.9. The summed E-state index contributed by atoms with van der Waals surface area (Å²) in [5.41, 5.74) is -1.31. The Kier molecular flexibility index (Phi) is 5.76. The number of para-hydroxylation sites is 1. The number of piperidine rings is 1. The minimum absolute atomic E-state index is 0.0173. The number of hydrogen-bond donors (Lipinski definition) is 0. The lowest BCUT2D eigenvalue weighted by Crippen LogP contribution is -2.44. The smallest absolute Gasteiger partial charge is 0.417 e. The molecule has 1 saturated heterocycles. The van der Waals surface area contributed by atoms with Crippen LogP contribution in [-0.2, 0) is 6.18 Å². The Hall–Kier alpha value is -3.57. The predicted molar refractivity (Wildman–Crippen MR) is 100 cm³/mol. The summed E-state index contributed by atoms with van der Waals surface area (Å²) in [7, 11) is 0. The highest BCUT2D eigenvalue weighted by atomic mass is 19.4. The van der Waals surface area contributed by atoms with Gasteiger partial charge in [0, 0.05) is 12.7 Å². The molecule has 0 aliphatic carbocycles. The van der Waals surface area contributed by atoms with Gasteiger partial charge in [0.1, 0.15) is 11.8 Å². The van der Waals surface area contributed by atoms with Crippen LogP contribution in [0.3, 0.4) is 0 Å². The van der Waals surface area contributed by atoms with Crippen molar-refractivity contribution < 1.29 is 31.5 Å². The number of carbonyl (C=O) groups is 1. The maximum atomic E-state index is 14.4. The topological polar surface area (TPSA) is 73.1 Å². The summed E-state index contributed by atoms with van der Waals surface area (Å²) in [6, 6.07) is 4.31. The van der Waals surface area contributed by atoms with Gasteiger partial charge in [0.25, 0.3) is 11.8 Å². The molecule has 1 atom stereocenters. The second-order valence-electron chi connectivity index (χ2n) is 7.10. The third-order valence-corrected chi connectivity index (χ3v) is 4.91. The minimum Gasteiger partial charge on any atom is -0.470 e. The van der Waals surface area contributed by atoms with E-state index < -0.39 is 41.3 Å². The number of amides is 1. The van der Waals surface area contributed by atoms with Crippen LogP contribution < -0.4 is 4.74 Å². The fourth-order valence-corrected chi connectivity index (χ4v) is 3.44. The van der Waals surface area contributed by atoms with E-state index in [9.17, 15) is 26.7 Å². The SMILES string of the molecule is O=C(c1cccc(F)c1-n1nccn1)N1CCCC(Oc2ncc(C(F)(F)F)cc2F)C1. The highest BCUT2D eigenvalue weighted by molar-refractivity contribution is 5.97. The van der Waals surface area contributed by atoms with Gasteiger partial charge in [0.15, 0.2) is 11.6 Å². The highest BCUT2D eigenvalue weighted by Crippen LogP contribution is 2.31. The Morgan fingerprint density at radius 3 is 2.56 bits per heavy atom. The number of carbonyl (C=O) groups excluding carboxylic acids is 1. The number of nitrogens with zero attached hydrogens (tertiary/aromatic N) is 5. The molecule has 2 aromatic heterocycles. The molecule has 4 rings (SSSR count). The largest absolute Gasteiger partial charge is 0.470 e. The van der Waals surface area contributed by atoms with Crippen molar-refractivity contribution in [3.05, 3.63) is 65.6 Å². The monoisotopic (exact) mass is 453 g/mol. The van der Waals surface area contributed by atoms with Gasteiger partial charge in [-0.2, -0.15) is 23.4 Å². The predicted octanol–water partition coefficient (Wildman–Crippen LogP) is 3.64. The Bertz CT molecular complexity index is 1120. The molecule has 0 spiro atoms. The molecule has 0 bridgehead atoms. The molecular weight excluding hydrogens is 437 g/mol. The summed E-state index contributed by atoms with van der Waals surface area (Å²) < 4.78 is 72.0. The Labute approximate surface area is 178 Å². The molecule has 7 nitrogen and oxygen atoms in total. The Balaban J connectivity index is 1.52. The quantitative estimate of drug-likeness (QED) is 0.564. The molecule has 3 heterocycles. The zero-order chi connectivity index (χ0) is 22.9. The molecule has 1 fully saturated rings. The third kappa shape index (κ3) is 4.39. The molecule has 1 aliphatic heterocycles. The van der Waals surface area contributed by atoms with Crippen LogP contribution in [0.25, 0.3) is 5.69 Å². The number of pyridine rings is 1. The molecule has 1 unspecified atom stereocenters. The van der Waals surface area contributed by atoms with Gasteiger partial charge in [-0.15, -0.1) is 4.80 Å². The average molecular weight is 453 g/mol. The number of ether oxygens (including phenoxy) is 1. The van der Waals surface area contributed by atoms with Gasteiger partial charge in [-0.25, -0.2) is 13.8 Å². The van der Waals surface area contributed by atoms with Gasteiger partial charge < -0.3 is 9.64 Å². The van der Waals surface area contributed by atoms with E-state index in [0.29, 0.717) is 31.6 Å². The molecule has 12 heteroatoms. The van der Waals surface area contributed by atoms with E-state index in [1.54, 1.807) is 0 Å². The average Bonchev–Trinajstić information content (AvgIpc) is 3.28. The summed E-state index contributed by atoms with van der Waals surface area (Å²) in [6.07, 6.45) is -1.33. The van der Waals surface area contributed by atoms with E-state index in [1.165, 1.54) is 35.5 Å². The first-order chi connectivity index (χ1) is 15.2. The van der Waals surface area contributed by atoms with Crippen molar-refractivity contribution in [2.75, 3.05) is 13.1 Å². The molecule has 0 radical (unpaired) electrons. The van der Waals surface area contributed by atoms with Crippen LogP contribution >= 0.6 is 0 Å².